The van der Waals surface area contributed by atoms with Gasteiger partial charge < -0.3 is 53.1 Å². The fraction of sp³-hybridized carbons (Fsp3) is 0.889. The topological polar surface area (TPSA) is 167 Å². The Kier molecular flexibility index (Phi) is 25.7. The minimum atomic E-state index is -1.23. The molecule has 14 nitrogen and oxygen atoms in total. The number of nitrogens with one attached hydrogen (secondary N) is 1. The molecule has 0 saturated heterocycles. The summed E-state index contributed by atoms with van der Waals surface area (Å²) in [4.78, 5) is 35.1. The molecule has 0 heterocycles. The van der Waals surface area contributed by atoms with Crippen LogP contribution in [0.2, 0.25) is 0 Å². The highest BCUT2D eigenvalue weighted by molar-refractivity contribution is 5.82. The average molecular weight is 598 g/mol. The molecule has 0 aromatic heterocycles. The van der Waals surface area contributed by atoms with Crippen LogP contribution in [0.5, 0.6) is 0 Å². The normalized spacial score (nSPS) is 12.3. The molecule has 1 atom stereocenters. The second-order valence-electron chi connectivity index (χ2n) is 9.64. The summed E-state index contributed by atoms with van der Waals surface area (Å²) in [7, 11) is 1.63. The van der Waals surface area contributed by atoms with E-state index in [0.717, 1.165) is 0 Å². The Labute approximate surface area is 243 Å². The lowest BCUT2D eigenvalue weighted by molar-refractivity contribution is -0.139. The number of hydrogen-bond donors (Lipinski definition) is 2. The maximum absolute atomic E-state index is 12.0. The smallest absolute Gasteiger partial charge is 0.408 e. The summed E-state index contributed by atoms with van der Waals surface area (Å²) in [6, 6.07) is -1.20. The molecule has 0 unspecified atom stereocenters. The van der Waals surface area contributed by atoms with Crippen LogP contribution in [0.25, 0.3) is 0 Å². The van der Waals surface area contributed by atoms with Crippen LogP contribution in [0.4, 0.5) is 4.79 Å². The molecule has 41 heavy (non-hydrogen) atoms. The molecule has 0 rings (SSSR count). The minimum absolute atomic E-state index is 0.00216. The highest BCUT2D eigenvalue weighted by Crippen LogP contribution is 2.08. The standard InChI is InChI=1S/C27H51NO13/c1-27(2,3)41-26(32)28-24(25(30)31)6-5-23(29)7-8-34-11-12-36-15-16-38-19-20-40-22-21-39-18-17-37-14-13-35-10-9-33-4/h24H,5-22H2,1-4H3,(H,28,32)(H,30,31)/t24-/m0/s1. The monoisotopic (exact) mass is 597 g/mol. The first-order valence-corrected chi connectivity index (χ1v) is 13.9. The molecule has 0 aliphatic carbocycles. The maximum Gasteiger partial charge on any atom is 0.408 e. The number of carbonyl (C=O) groups is 3. The van der Waals surface area contributed by atoms with E-state index in [9.17, 15) is 19.5 Å². The summed E-state index contributed by atoms with van der Waals surface area (Å²) in [6.45, 7) is 11.8. The van der Waals surface area contributed by atoms with Crippen LogP contribution in [0.1, 0.15) is 40.0 Å². The van der Waals surface area contributed by atoms with E-state index in [-0.39, 0.29) is 31.7 Å². The molecule has 0 fully saturated rings. The lowest BCUT2D eigenvalue weighted by atomic mass is 10.1. The molecule has 0 saturated carbocycles. The third-order valence-corrected chi connectivity index (χ3v) is 4.89. The van der Waals surface area contributed by atoms with E-state index < -0.39 is 23.7 Å². The minimum Gasteiger partial charge on any atom is -0.480 e. The predicted molar refractivity (Wildman–Crippen MR) is 147 cm³/mol. The second-order valence-corrected chi connectivity index (χ2v) is 9.64. The molecule has 14 heteroatoms. The second kappa shape index (κ2) is 27.0. The predicted octanol–water partition coefficient (Wildman–Crippen LogP) is 1.47. The van der Waals surface area contributed by atoms with E-state index in [1.165, 1.54) is 0 Å². The van der Waals surface area contributed by atoms with Crippen LogP contribution < -0.4 is 5.32 Å². The van der Waals surface area contributed by atoms with Gasteiger partial charge >= 0.3 is 12.1 Å². The number of hydrogen-bond acceptors (Lipinski definition) is 12. The number of carboxylic acid groups (broad SMARTS) is 1. The van der Waals surface area contributed by atoms with Gasteiger partial charge in [-0.3, -0.25) is 4.79 Å². The Morgan fingerprint density at radius 2 is 0.976 bits per heavy atom. The molecule has 1 amide bonds. The van der Waals surface area contributed by atoms with Gasteiger partial charge in [-0.1, -0.05) is 0 Å². The quantitative estimate of drug-likeness (QED) is 0.119. The van der Waals surface area contributed by atoms with Gasteiger partial charge in [0.2, 0.25) is 0 Å². The van der Waals surface area contributed by atoms with Crippen LogP contribution in [-0.2, 0) is 52.2 Å². The van der Waals surface area contributed by atoms with Gasteiger partial charge in [0.25, 0.3) is 0 Å². The van der Waals surface area contributed by atoms with Crippen LogP contribution >= 0.6 is 0 Å². The van der Waals surface area contributed by atoms with Crippen molar-refractivity contribution in [2.45, 2.75) is 51.7 Å². The van der Waals surface area contributed by atoms with Crippen LogP contribution in [0, 0.1) is 0 Å². The number of methoxy groups -OCH3 is 1. The van der Waals surface area contributed by atoms with Gasteiger partial charge in [-0.2, -0.15) is 0 Å². The Balaban J connectivity index is 3.44. The molecule has 0 radical (unpaired) electrons. The number of Topliss-reactive ketones (excluding diaryl/α,β-unsaturated/α-hetero) is 1. The number of ether oxygens (including phenoxy) is 9. The van der Waals surface area contributed by atoms with Crippen molar-refractivity contribution in [1.29, 1.82) is 0 Å². The van der Waals surface area contributed by atoms with E-state index in [1.807, 2.05) is 0 Å². The first-order valence-electron chi connectivity index (χ1n) is 13.9. The molecular weight excluding hydrogens is 546 g/mol. The fourth-order valence-corrected chi connectivity index (χ4v) is 2.89. The average Bonchev–Trinajstić information content (AvgIpc) is 2.90. The zero-order chi connectivity index (χ0) is 30.6. The fourth-order valence-electron chi connectivity index (χ4n) is 2.89. The van der Waals surface area contributed by atoms with Gasteiger partial charge in [0, 0.05) is 20.0 Å². The van der Waals surface area contributed by atoms with Crippen LogP contribution in [-0.4, -0.2) is 141 Å². The lowest BCUT2D eigenvalue weighted by Crippen LogP contribution is -2.43. The first-order chi connectivity index (χ1) is 19.7. The Morgan fingerprint density at radius 1 is 0.610 bits per heavy atom. The van der Waals surface area contributed by atoms with E-state index in [2.05, 4.69) is 5.32 Å². The van der Waals surface area contributed by atoms with Crippen molar-refractivity contribution < 1.29 is 62.1 Å². The zero-order valence-electron chi connectivity index (χ0n) is 25.2. The maximum atomic E-state index is 12.0. The van der Waals surface area contributed by atoms with Crippen molar-refractivity contribution in [3.05, 3.63) is 0 Å². The van der Waals surface area contributed by atoms with E-state index in [4.69, 9.17) is 42.6 Å². The van der Waals surface area contributed by atoms with Crippen LogP contribution in [0.15, 0.2) is 0 Å². The van der Waals surface area contributed by atoms with Gasteiger partial charge in [-0.05, 0) is 27.2 Å². The SMILES string of the molecule is COCCOCCOCCOCCOCCOCCOCCOCCC(=O)CC[C@H](NC(=O)OC(C)(C)C)C(=O)O. The largest absolute Gasteiger partial charge is 0.480 e. The summed E-state index contributed by atoms with van der Waals surface area (Å²) in [5.74, 6) is -1.39. The number of ketones is 1. The van der Waals surface area contributed by atoms with Gasteiger partial charge in [0.1, 0.15) is 17.4 Å². The number of amides is 1. The van der Waals surface area contributed by atoms with Crippen molar-refractivity contribution in [3.63, 3.8) is 0 Å². The zero-order valence-corrected chi connectivity index (χ0v) is 25.2. The Bertz CT molecular complexity index is 658. The Hall–Kier alpha value is -1.91. The molecule has 0 aliphatic rings. The molecule has 0 aromatic carbocycles. The molecule has 242 valence electrons. The molecule has 0 aliphatic heterocycles. The number of rotatable bonds is 29. The summed E-state index contributed by atoms with van der Waals surface area (Å²) in [5.41, 5.74) is -0.750. The first kappa shape index (κ1) is 39.1. The third kappa shape index (κ3) is 29.4. The van der Waals surface area contributed by atoms with E-state index in [1.54, 1.807) is 27.9 Å². The lowest BCUT2D eigenvalue weighted by Gasteiger charge is -2.21. The summed E-state index contributed by atoms with van der Waals surface area (Å²) in [6.07, 6.45) is -0.721. The van der Waals surface area contributed by atoms with Crippen molar-refractivity contribution in [3.8, 4) is 0 Å². The molecular formula is C27H51NO13. The Morgan fingerprint density at radius 3 is 1.32 bits per heavy atom. The third-order valence-electron chi connectivity index (χ3n) is 4.89. The molecule has 0 spiro atoms. The summed E-state index contributed by atoms with van der Waals surface area (Å²) >= 11 is 0. The van der Waals surface area contributed by atoms with Crippen LogP contribution in [0.3, 0.4) is 0 Å². The van der Waals surface area contributed by atoms with Crippen molar-refractivity contribution in [2.75, 3.05) is 106 Å². The highest BCUT2D eigenvalue weighted by atomic mass is 16.6. The molecule has 2 N–H and O–H groups in total. The van der Waals surface area contributed by atoms with Gasteiger partial charge in [-0.15, -0.1) is 0 Å². The van der Waals surface area contributed by atoms with Gasteiger partial charge in [0.05, 0.1) is 99.1 Å². The van der Waals surface area contributed by atoms with E-state index in [0.29, 0.717) is 92.5 Å². The highest BCUT2D eigenvalue weighted by Gasteiger charge is 2.24. The number of carboxylic acids is 1. The van der Waals surface area contributed by atoms with Crippen molar-refractivity contribution in [1.82, 2.24) is 5.32 Å². The van der Waals surface area contributed by atoms with Gasteiger partial charge in [-0.25, -0.2) is 9.59 Å². The molecule has 0 bridgehead atoms. The number of alkyl carbamates (subject to hydrolysis) is 1. The van der Waals surface area contributed by atoms with Crippen molar-refractivity contribution in [2.24, 2.45) is 0 Å². The number of aliphatic carboxylic acids is 1. The summed E-state index contributed by atoms with van der Waals surface area (Å²) in [5, 5.41) is 11.5. The number of carbonyl (C=O) groups excluding carboxylic acids is 2. The van der Waals surface area contributed by atoms with Crippen molar-refractivity contribution >= 4 is 17.8 Å². The summed E-state index contributed by atoms with van der Waals surface area (Å²) < 4.78 is 47.6. The van der Waals surface area contributed by atoms with Gasteiger partial charge in [0.15, 0.2) is 0 Å². The molecule has 0 aromatic rings. The van der Waals surface area contributed by atoms with E-state index >= 15 is 0 Å².